The van der Waals surface area contributed by atoms with E-state index in [0.717, 1.165) is 22.4 Å². The molecule has 3 nitrogen and oxygen atoms in total. The summed E-state index contributed by atoms with van der Waals surface area (Å²) >= 11 is 0. The van der Waals surface area contributed by atoms with Crippen LogP contribution in [0.5, 0.6) is 5.75 Å². The van der Waals surface area contributed by atoms with Gasteiger partial charge in [0.25, 0.3) is 0 Å². The highest BCUT2D eigenvalue weighted by Gasteiger charge is 2.41. The number of ether oxygens (including phenoxy) is 3. The third kappa shape index (κ3) is 1.45. The molecule has 2 aromatic carbocycles. The van der Waals surface area contributed by atoms with E-state index in [1.807, 2.05) is 48.5 Å². The van der Waals surface area contributed by atoms with Crippen LogP contribution in [0, 0.1) is 0 Å². The average molecular weight is 242 g/mol. The third-order valence-corrected chi connectivity index (χ3v) is 3.22. The van der Waals surface area contributed by atoms with Gasteiger partial charge in [-0.25, -0.2) is 0 Å². The second-order valence-corrected chi connectivity index (χ2v) is 4.11. The summed E-state index contributed by atoms with van der Waals surface area (Å²) < 4.78 is 16.8. The molecule has 92 valence electrons. The topological polar surface area (TPSA) is 27.7 Å². The summed E-state index contributed by atoms with van der Waals surface area (Å²) in [5.41, 5.74) is 3.01. The van der Waals surface area contributed by atoms with Crippen LogP contribution < -0.4 is 4.74 Å². The predicted molar refractivity (Wildman–Crippen MR) is 68.2 cm³/mol. The number of para-hydroxylation sites is 1. The molecule has 0 radical (unpaired) electrons. The number of hydrogen-bond acceptors (Lipinski definition) is 3. The Morgan fingerprint density at radius 1 is 0.833 bits per heavy atom. The summed E-state index contributed by atoms with van der Waals surface area (Å²) in [7, 11) is 3.16. The van der Waals surface area contributed by atoms with Crippen LogP contribution in [0.15, 0.2) is 48.5 Å². The molecule has 3 rings (SSSR count). The number of methoxy groups -OCH3 is 2. The summed E-state index contributed by atoms with van der Waals surface area (Å²) in [6, 6.07) is 15.8. The normalized spacial score (nSPS) is 15.4. The van der Waals surface area contributed by atoms with Gasteiger partial charge in [-0.3, -0.25) is 0 Å². The maximum atomic E-state index is 5.90. The molecule has 1 heterocycles. The first kappa shape index (κ1) is 11.3. The molecule has 0 aliphatic carbocycles. The van der Waals surface area contributed by atoms with Crippen molar-refractivity contribution in [3.05, 3.63) is 54.1 Å². The van der Waals surface area contributed by atoms with Crippen molar-refractivity contribution in [3.63, 3.8) is 0 Å². The highest BCUT2D eigenvalue weighted by atomic mass is 16.9. The van der Waals surface area contributed by atoms with Gasteiger partial charge in [-0.05, 0) is 17.7 Å². The lowest BCUT2D eigenvalue weighted by Crippen LogP contribution is -2.39. The first-order chi connectivity index (χ1) is 8.80. The van der Waals surface area contributed by atoms with E-state index in [1.54, 1.807) is 14.2 Å². The van der Waals surface area contributed by atoms with Crippen LogP contribution in [-0.4, -0.2) is 14.2 Å². The SMILES string of the molecule is COC1(OC)Oc2ccccc2-c2ccccc21. The smallest absolute Gasteiger partial charge is 0.356 e. The van der Waals surface area contributed by atoms with Crippen molar-refractivity contribution in [1.29, 1.82) is 0 Å². The molecule has 0 atom stereocenters. The summed E-state index contributed by atoms with van der Waals surface area (Å²) in [6.07, 6.45) is 0. The minimum absolute atomic E-state index is 0.764. The lowest BCUT2D eigenvalue weighted by atomic mass is 9.95. The lowest BCUT2D eigenvalue weighted by molar-refractivity contribution is -0.334. The molecule has 0 saturated heterocycles. The average Bonchev–Trinajstić information content (AvgIpc) is 2.46. The van der Waals surface area contributed by atoms with Crippen LogP contribution >= 0.6 is 0 Å². The van der Waals surface area contributed by atoms with E-state index in [9.17, 15) is 0 Å². The Bertz CT molecular complexity index is 573. The molecule has 0 saturated carbocycles. The number of fused-ring (bicyclic) bond motifs is 3. The minimum Gasteiger partial charge on any atom is -0.435 e. The molecular formula is C15H14O3. The molecule has 0 spiro atoms. The van der Waals surface area contributed by atoms with E-state index in [4.69, 9.17) is 14.2 Å². The molecule has 3 heteroatoms. The molecule has 18 heavy (non-hydrogen) atoms. The molecule has 0 aromatic heterocycles. The van der Waals surface area contributed by atoms with Crippen molar-refractivity contribution in [1.82, 2.24) is 0 Å². The van der Waals surface area contributed by atoms with E-state index < -0.39 is 5.97 Å². The van der Waals surface area contributed by atoms with E-state index >= 15 is 0 Å². The summed E-state index contributed by atoms with van der Waals surface area (Å²) in [4.78, 5) is 0. The molecule has 0 amide bonds. The fourth-order valence-corrected chi connectivity index (χ4v) is 2.35. The van der Waals surface area contributed by atoms with Gasteiger partial charge in [0.15, 0.2) is 0 Å². The van der Waals surface area contributed by atoms with Gasteiger partial charge in [-0.2, -0.15) is 0 Å². The van der Waals surface area contributed by atoms with Crippen LogP contribution in [0.1, 0.15) is 5.56 Å². The van der Waals surface area contributed by atoms with Crippen LogP contribution in [-0.2, 0) is 15.4 Å². The number of rotatable bonds is 2. The molecule has 2 aromatic rings. The molecule has 0 N–H and O–H groups in total. The van der Waals surface area contributed by atoms with E-state index in [1.165, 1.54) is 0 Å². The molecule has 0 unspecified atom stereocenters. The second-order valence-electron chi connectivity index (χ2n) is 4.11. The molecule has 0 fully saturated rings. The van der Waals surface area contributed by atoms with Crippen molar-refractivity contribution < 1.29 is 14.2 Å². The molecule has 1 aliphatic heterocycles. The maximum absolute atomic E-state index is 5.90. The summed E-state index contributed by atoms with van der Waals surface area (Å²) in [6.45, 7) is 0. The quantitative estimate of drug-likeness (QED) is 0.757. The standard InChI is InChI=1S/C15H14O3/c1-16-15(17-2)13-9-5-3-7-11(13)12-8-4-6-10-14(12)18-15/h3-10H,1-2H3. The Kier molecular flexibility index (Phi) is 2.58. The Labute approximate surface area is 106 Å². The van der Waals surface area contributed by atoms with Crippen LogP contribution in [0.3, 0.4) is 0 Å². The van der Waals surface area contributed by atoms with Crippen molar-refractivity contribution in [2.24, 2.45) is 0 Å². The molecule has 0 bridgehead atoms. The number of hydrogen-bond donors (Lipinski definition) is 0. The predicted octanol–water partition coefficient (Wildman–Crippen LogP) is 3.15. The first-order valence-electron chi connectivity index (χ1n) is 5.79. The van der Waals surface area contributed by atoms with Crippen molar-refractivity contribution >= 4 is 0 Å². The summed E-state index contributed by atoms with van der Waals surface area (Å²) in [5, 5.41) is 0. The minimum atomic E-state index is -1.16. The lowest BCUT2D eigenvalue weighted by Gasteiger charge is -2.36. The highest BCUT2D eigenvalue weighted by Crippen LogP contribution is 2.45. The van der Waals surface area contributed by atoms with Crippen molar-refractivity contribution in [2.45, 2.75) is 5.97 Å². The van der Waals surface area contributed by atoms with Gasteiger partial charge in [0, 0.05) is 19.8 Å². The van der Waals surface area contributed by atoms with Crippen molar-refractivity contribution in [3.8, 4) is 16.9 Å². The monoisotopic (exact) mass is 242 g/mol. The Morgan fingerprint density at radius 3 is 2.17 bits per heavy atom. The van der Waals surface area contributed by atoms with Gasteiger partial charge < -0.3 is 14.2 Å². The van der Waals surface area contributed by atoms with Gasteiger partial charge in [0.2, 0.25) is 0 Å². The van der Waals surface area contributed by atoms with Gasteiger partial charge in [0.1, 0.15) is 5.75 Å². The van der Waals surface area contributed by atoms with E-state index in [0.29, 0.717) is 0 Å². The van der Waals surface area contributed by atoms with E-state index in [2.05, 4.69) is 0 Å². The van der Waals surface area contributed by atoms with Gasteiger partial charge >= 0.3 is 5.97 Å². The maximum Gasteiger partial charge on any atom is 0.356 e. The first-order valence-corrected chi connectivity index (χ1v) is 5.79. The zero-order valence-electron chi connectivity index (χ0n) is 10.3. The second kappa shape index (κ2) is 4.12. The number of benzene rings is 2. The largest absolute Gasteiger partial charge is 0.435 e. The van der Waals surface area contributed by atoms with E-state index in [-0.39, 0.29) is 0 Å². The third-order valence-electron chi connectivity index (χ3n) is 3.22. The Morgan fingerprint density at radius 2 is 1.44 bits per heavy atom. The molecule has 1 aliphatic rings. The molecular weight excluding hydrogens is 228 g/mol. The van der Waals surface area contributed by atoms with Crippen LogP contribution in [0.2, 0.25) is 0 Å². The Hall–Kier alpha value is -1.84. The zero-order chi connectivity index (χ0) is 12.6. The van der Waals surface area contributed by atoms with Gasteiger partial charge in [-0.15, -0.1) is 0 Å². The van der Waals surface area contributed by atoms with Gasteiger partial charge in [0.05, 0.1) is 5.56 Å². The fourth-order valence-electron chi connectivity index (χ4n) is 2.35. The van der Waals surface area contributed by atoms with Crippen LogP contribution in [0.4, 0.5) is 0 Å². The van der Waals surface area contributed by atoms with Crippen LogP contribution in [0.25, 0.3) is 11.1 Å². The van der Waals surface area contributed by atoms with Crippen molar-refractivity contribution in [2.75, 3.05) is 14.2 Å². The Balaban J connectivity index is 2.29. The fraction of sp³-hybridized carbons (Fsp3) is 0.200. The highest BCUT2D eigenvalue weighted by molar-refractivity contribution is 5.75. The van der Waals surface area contributed by atoms with Gasteiger partial charge in [-0.1, -0.05) is 36.4 Å². The zero-order valence-corrected chi connectivity index (χ0v) is 10.3. The summed E-state index contributed by atoms with van der Waals surface area (Å²) in [5.74, 6) is -0.398.